The second-order valence-electron chi connectivity index (χ2n) is 4.50. The van der Waals surface area contributed by atoms with Gasteiger partial charge in [0, 0.05) is 14.9 Å². The minimum Gasteiger partial charge on any atom is -0.273 e. The molecule has 0 heterocycles. The van der Waals surface area contributed by atoms with Crippen molar-refractivity contribution in [2.24, 2.45) is 5.41 Å². The average molecular weight is 376 g/mol. The third-order valence-corrected chi connectivity index (χ3v) is 4.91. The molecule has 0 aliphatic heterocycles. The van der Waals surface area contributed by atoms with Gasteiger partial charge in [-0.05, 0) is 37.6 Å². The average Bonchev–Trinajstić information content (AvgIpc) is 2.96. The number of carbonyl (C=O) groups excluding carboxylic acids is 2. The zero-order chi connectivity index (χ0) is 13.3. The molecule has 2 amide bonds. The van der Waals surface area contributed by atoms with Crippen molar-refractivity contribution < 1.29 is 9.59 Å². The van der Waals surface area contributed by atoms with Crippen LogP contribution in [-0.2, 0) is 4.79 Å². The fourth-order valence-electron chi connectivity index (χ4n) is 1.48. The molecule has 18 heavy (non-hydrogen) atoms. The summed E-state index contributed by atoms with van der Waals surface area (Å²) in [5, 5.41) is 0. The van der Waals surface area contributed by atoms with Gasteiger partial charge in [0.15, 0.2) is 0 Å². The second-order valence-corrected chi connectivity index (χ2v) is 6.53. The molecular weight excluding hydrogens is 364 g/mol. The van der Waals surface area contributed by atoms with Crippen LogP contribution in [0.1, 0.15) is 23.7 Å². The Balaban J connectivity index is 1.89. The zero-order valence-corrected chi connectivity index (χ0v) is 12.8. The third kappa shape index (κ3) is 2.75. The standard InChI is InChI=1S/C12H12Br2N2O2/c1-12(6-9(12)14)11(18)16-15-10(17)7-2-4-8(13)5-3-7/h2-5,9H,6H2,1H3,(H,15,17)(H,16,18)/t9-,12+/m1/s1. The summed E-state index contributed by atoms with van der Waals surface area (Å²) in [4.78, 5) is 23.7. The lowest BCUT2D eigenvalue weighted by Crippen LogP contribution is -2.45. The predicted molar refractivity (Wildman–Crippen MR) is 75.2 cm³/mol. The molecule has 1 aromatic rings. The Morgan fingerprint density at radius 2 is 1.83 bits per heavy atom. The molecule has 6 heteroatoms. The highest BCUT2D eigenvalue weighted by Gasteiger charge is 2.54. The van der Waals surface area contributed by atoms with Gasteiger partial charge in [-0.25, -0.2) is 0 Å². The molecule has 0 bridgehead atoms. The van der Waals surface area contributed by atoms with Crippen molar-refractivity contribution in [2.75, 3.05) is 0 Å². The fourth-order valence-corrected chi connectivity index (χ4v) is 2.62. The van der Waals surface area contributed by atoms with Crippen LogP contribution in [0.25, 0.3) is 0 Å². The van der Waals surface area contributed by atoms with Crippen LogP contribution in [0.5, 0.6) is 0 Å². The summed E-state index contributed by atoms with van der Waals surface area (Å²) >= 11 is 6.68. The summed E-state index contributed by atoms with van der Waals surface area (Å²) < 4.78 is 0.899. The molecule has 1 saturated carbocycles. The number of rotatable bonds is 2. The van der Waals surface area contributed by atoms with Crippen molar-refractivity contribution in [3.8, 4) is 0 Å². The number of amides is 2. The molecule has 2 rings (SSSR count). The molecule has 0 spiro atoms. The maximum absolute atomic E-state index is 11.8. The molecule has 0 aromatic heterocycles. The first-order valence-electron chi connectivity index (χ1n) is 5.44. The Hall–Kier alpha value is -0.880. The van der Waals surface area contributed by atoms with E-state index in [2.05, 4.69) is 42.7 Å². The van der Waals surface area contributed by atoms with Crippen LogP contribution >= 0.6 is 31.9 Å². The summed E-state index contributed by atoms with van der Waals surface area (Å²) in [5.41, 5.74) is 4.94. The van der Waals surface area contributed by atoms with E-state index in [9.17, 15) is 9.59 Å². The van der Waals surface area contributed by atoms with Gasteiger partial charge in [-0.2, -0.15) is 0 Å². The summed E-state index contributed by atoms with van der Waals surface area (Å²) in [6.45, 7) is 1.85. The highest BCUT2D eigenvalue weighted by molar-refractivity contribution is 9.10. The number of carbonyl (C=O) groups is 2. The summed E-state index contributed by atoms with van der Waals surface area (Å²) in [5.74, 6) is -0.499. The van der Waals surface area contributed by atoms with E-state index in [1.165, 1.54) is 0 Å². The van der Waals surface area contributed by atoms with Gasteiger partial charge in [-0.1, -0.05) is 31.9 Å². The number of hydrogen-bond donors (Lipinski definition) is 2. The molecule has 1 aliphatic carbocycles. The monoisotopic (exact) mass is 374 g/mol. The number of alkyl halides is 1. The van der Waals surface area contributed by atoms with Crippen LogP contribution < -0.4 is 10.9 Å². The molecule has 0 saturated heterocycles. The molecular formula is C12H12Br2N2O2. The smallest absolute Gasteiger partial charge is 0.269 e. The van der Waals surface area contributed by atoms with E-state index in [-0.39, 0.29) is 16.6 Å². The molecule has 1 aromatic carbocycles. The Kier molecular flexibility index (Phi) is 3.77. The molecule has 1 fully saturated rings. The van der Waals surface area contributed by atoms with Gasteiger partial charge in [0.25, 0.3) is 5.91 Å². The van der Waals surface area contributed by atoms with Gasteiger partial charge >= 0.3 is 0 Å². The summed E-state index contributed by atoms with van der Waals surface area (Å²) in [6.07, 6.45) is 0.785. The van der Waals surface area contributed by atoms with Gasteiger partial charge in [0.05, 0.1) is 5.41 Å². The molecule has 2 atom stereocenters. The quantitative estimate of drug-likeness (QED) is 0.615. The Morgan fingerprint density at radius 1 is 1.28 bits per heavy atom. The fraction of sp³-hybridized carbons (Fsp3) is 0.333. The summed E-state index contributed by atoms with van der Waals surface area (Å²) in [7, 11) is 0. The lowest BCUT2D eigenvalue weighted by Gasteiger charge is -2.11. The molecule has 0 unspecified atom stereocenters. The Morgan fingerprint density at radius 3 is 2.33 bits per heavy atom. The van der Waals surface area contributed by atoms with Crippen molar-refractivity contribution in [1.29, 1.82) is 0 Å². The maximum Gasteiger partial charge on any atom is 0.269 e. The SMILES string of the molecule is C[C@]1(C(=O)NNC(=O)c2ccc(Br)cc2)C[C@H]1Br. The van der Waals surface area contributed by atoms with E-state index in [4.69, 9.17) is 0 Å². The van der Waals surface area contributed by atoms with Crippen molar-refractivity contribution >= 4 is 43.7 Å². The molecule has 96 valence electrons. The van der Waals surface area contributed by atoms with E-state index < -0.39 is 5.41 Å². The number of nitrogens with one attached hydrogen (secondary N) is 2. The van der Waals surface area contributed by atoms with E-state index in [1.807, 2.05) is 6.92 Å². The first kappa shape index (κ1) is 13.5. The Bertz CT molecular complexity index is 489. The minimum absolute atomic E-state index is 0.171. The third-order valence-electron chi connectivity index (χ3n) is 3.05. The van der Waals surface area contributed by atoms with Gasteiger partial charge < -0.3 is 0 Å². The van der Waals surface area contributed by atoms with E-state index in [0.717, 1.165) is 10.9 Å². The maximum atomic E-state index is 11.8. The Labute approximate surface area is 122 Å². The molecule has 2 N–H and O–H groups in total. The minimum atomic E-state index is -0.410. The van der Waals surface area contributed by atoms with Gasteiger partial charge in [-0.15, -0.1) is 0 Å². The van der Waals surface area contributed by atoms with Crippen LogP contribution in [0.2, 0.25) is 0 Å². The first-order valence-corrected chi connectivity index (χ1v) is 7.15. The van der Waals surface area contributed by atoms with E-state index in [1.54, 1.807) is 24.3 Å². The van der Waals surface area contributed by atoms with Crippen molar-refractivity contribution in [1.82, 2.24) is 10.9 Å². The number of halogens is 2. The molecule has 4 nitrogen and oxygen atoms in total. The normalized spacial score (nSPS) is 25.4. The van der Waals surface area contributed by atoms with Crippen molar-refractivity contribution in [2.45, 2.75) is 18.2 Å². The second kappa shape index (κ2) is 5.01. The number of hydrogen-bond acceptors (Lipinski definition) is 2. The largest absolute Gasteiger partial charge is 0.273 e. The molecule has 1 aliphatic rings. The highest BCUT2D eigenvalue weighted by atomic mass is 79.9. The van der Waals surface area contributed by atoms with Crippen LogP contribution in [0.3, 0.4) is 0 Å². The van der Waals surface area contributed by atoms with Gasteiger partial charge in [0.1, 0.15) is 0 Å². The van der Waals surface area contributed by atoms with Crippen LogP contribution in [0.15, 0.2) is 28.7 Å². The summed E-state index contributed by atoms with van der Waals surface area (Å²) in [6, 6.07) is 6.90. The van der Waals surface area contributed by atoms with Gasteiger partial charge in [0.2, 0.25) is 5.91 Å². The topological polar surface area (TPSA) is 58.2 Å². The number of hydrazine groups is 1. The van der Waals surface area contributed by atoms with Gasteiger partial charge in [-0.3, -0.25) is 20.4 Å². The lowest BCUT2D eigenvalue weighted by atomic mass is 10.1. The lowest BCUT2D eigenvalue weighted by molar-refractivity contribution is -0.126. The highest BCUT2D eigenvalue weighted by Crippen LogP contribution is 2.51. The van der Waals surface area contributed by atoms with Crippen LogP contribution in [0.4, 0.5) is 0 Å². The van der Waals surface area contributed by atoms with Crippen molar-refractivity contribution in [3.05, 3.63) is 34.3 Å². The van der Waals surface area contributed by atoms with E-state index >= 15 is 0 Å². The predicted octanol–water partition coefficient (Wildman–Crippen LogP) is 2.38. The van der Waals surface area contributed by atoms with Crippen LogP contribution in [0, 0.1) is 5.41 Å². The zero-order valence-electron chi connectivity index (χ0n) is 9.67. The van der Waals surface area contributed by atoms with Crippen LogP contribution in [-0.4, -0.2) is 16.6 Å². The number of benzene rings is 1. The molecule has 0 radical (unpaired) electrons. The van der Waals surface area contributed by atoms with Crippen molar-refractivity contribution in [3.63, 3.8) is 0 Å². The first-order chi connectivity index (χ1) is 8.43. The van der Waals surface area contributed by atoms with E-state index in [0.29, 0.717) is 5.56 Å².